The zero-order chi connectivity index (χ0) is 36.9. The molecule has 4 aromatic rings. The number of hydrogen-bond donors (Lipinski definition) is 2. The number of amides is 2. The van der Waals surface area contributed by atoms with E-state index in [2.05, 4.69) is 74.5 Å². The molecule has 2 fully saturated rings. The van der Waals surface area contributed by atoms with Crippen molar-refractivity contribution in [1.29, 1.82) is 0 Å². The number of anilines is 5. The molecule has 12 heteroatoms. The monoisotopic (exact) mass is 715 g/mol. The molecule has 1 aliphatic carbocycles. The van der Waals surface area contributed by atoms with Gasteiger partial charge < -0.3 is 24.8 Å². The molecule has 0 radical (unpaired) electrons. The van der Waals surface area contributed by atoms with Gasteiger partial charge in [-0.15, -0.1) is 0 Å². The van der Waals surface area contributed by atoms with Gasteiger partial charge in [-0.3, -0.25) is 19.4 Å². The smallest absolute Gasteiger partial charge is 0.276 e. The van der Waals surface area contributed by atoms with Crippen molar-refractivity contribution < 1.29 is 14.3 Å². The first kappa shape index (κ1) is 35.0. The summed E-state index contributed by atoms with van der Waals surface area (Å²) in [5, 5.41) is 6.47. The van der Waals surface area contributed by atoms with Crippen LogP contribution in [0.5, 0.6) is 0 Å². The van der Waals surface area contributed by atoms with Crippen molar-refractivity contribution in [3.05, 3.63) is 84.0 Å². The molecule has 2 saturated heterocycles. The van der Waals surface area contributed by atoms with E-state index in [-0.39, 0.29) is 23.3 Å². The van der Waals surface area contributed by atoms with Gasteiger partial charge in [0.05, 0.1) is 11.4 Å². The predicted octanol–water partition coefficient (Wildman–Crippen LogP) is 5.99. The molecular formula is C41H49N9O3. The lowest BCUT2D eigenvalue weighted by atomic mass is 9.90. The molecule has 8 rings (SSSR count). The summed E-state index contributed by atoms with van der Waals surface area (Å²) in [5.74, 6) is 1.47. The fourth-order valence-corrected chi connectivity index (χ4v) is 8.73. The fourth-order valence-electron chi connectivity index (χ4n) is 8.73. The molecule has 0 spiro atoms. The average Bonchev–Trinajstić information content (AvgIpc) is 3.65. The minimum atomic E-state index is -0.265. The standard InChI is InChI=1S/C41H49N9O3/c1-6-37(51)45-32-22-29(7-8-33(32)48-16-15-47(25-26(48)2)30-11-19-53-20-12-30)44-36-10-14-42-38(46-36)31-9-13-43-39(27(31)3)50-18-17-49-34(40(50)52)21-28-23-41(4,5)24-35(28)49/h6-10,13-14,21-22,26,30H,1,11-12,15-20,23-25H2,2-5H3,(H,45,51)(H,42,44,46)/t26-/m0/s1. The molecule has 1 atom stereocenters. The quantitative estimate of drug-likeness (QED) is 0.212. The molecule has 12 nitrogen and oxygen atoms in total. The number of pyridine rings is 1. The zero-order valence-electron chi connectivity index (χ0n) is 31.2. The van der Waals surface area contributed by atoms with Gasteiger partial charge in [0.2, 0.25) is 5.91 Å². The fraction of sp³-hybridized carbons (Fsp3) is 0.439. The second-order valence-corrected chi connectivity index (χ2v) is 15.6. The topological polar surface area (TPSA) is 121 Å². The highest BCUT2D eigenvalue weighted by molar-refractivity contribution is 6.06. The van der Waals surface area contributed by atoms with Crippen LogP contribution in [-0.4, -0.2) is 87.7 Å². The molecule has 2 N–H and O–H groups in total. The Labute approximate surface area is 311 Å². The number of nitrogens with zero attached hydrogens (tertiary/aromatic N) is 7. The van der Waals surface area contributed by atoms with Crippen LogP contribution in [0.2, 0.25) is 0 Å². The molecule has 0 saturated carbocycles. The number of piperazine rings is 1. The highest BCUT2D eigenvalue weighted by Gasteiger charge is 2.37. The molecule has 2 amide bonds. The Bertz CT molecular complexity index is 2070. The van der Waals surface area contributed by atoms with Gasteiger partial charge in [-0.25, -0.2) is 15.0 Å². The Morgan fingerprint density at radius 3 is 2.62 bits per heavy atom. The molecule has 4 aliphatic rings. The van der Waals surface area contributed by atoms with E-state index in [0.717, 1.165) is 93.3 Å². The van der Waals surface area contributed by atoms with Crippen molar-refractivity contribution >= 4 is 40.5 Å². The highest BCUT2D eigenvalue weighted by Crippen LogP contribution is 2.40. The van der Waals surface area contributed by atoms with Gasteiger partial charge in [-0.2, -0.15) is 0 Å². The molecule has 1 aromatic carbocycles. The lowest BCUT2D eigenvalue weighted by molar-refractivity contribution is -0.111. The summed E-state index contributed by atoms with van der Waals surface area (Å²) < 4.78 is 7.82. The number of fused-ring (bicyclic) bond motifs is 3. The summed E-state index contributed by atoms with van der Waals surface area (Å²) in [5.41, 5.74) is 7.68. The summed E-state index contributed by atoms with van der Waals surface area (Å²) >= 11 is 0. The number of hydrogen-bond acceptors (Lipinski definition) is 9. The first-order valence-electron chi connectivity index (χ1n) is 18.8. The van der Waals surface area contributed by atoms with Gasteiger partial charge >= 0.3 is 0 Å². The SMILES string of the molecule is C=CC(=O)Nc1cc(Nc2ccnc(-c3ccnc(N4CCn5c(cc6c5CC(C)(C)C6)C4=O)c3C)n2)ccc1N1CCN(C2CCOCC2)C[C@@H]1C. The lowest BCUT2D eigenvalue weighted by Crippen LogP contribution is -2.56. The summed E-state index contributed by atoms with van der Waals surface area (Å²) in [7, 11) is 0. The van der Waals surface area contributed by atoms with E-state index >= 15 is 0 Å². The number of ether oxygens (including phenoxy) is 1. The maximum Gasteiger partial charge on any atom is 0.276 e. The summed E-state index contributed by atoms with van der Waals surface area (Å²) in [6.45, 7) is 18.2. The molecule has 6 heterocycles. The normalized spacial score (nSPS) is 20.2. The third kappa shape index (κ3) is 6.81. The Kier molecular flexibility index (Phi) is 9.28. The third-order valence-corrected chi connectivity index (χ3v) is 11.3. The van der Waals surface area contributed by atoms with Gasteiger partial charge in [0.25, 0.3) is 5.91 Å². The van der Waals surface area contributed by atoms with Crippen LogP contribution in [0.4, 0.5) is 28.7 Å². The van der Waals surface area contributed by atoms with Gasteiger partial charge in [-0.05, 0) is 93.0 Å². The molecule has 3 aliphatic heterocycles. The van der Waals surface area contributed by atoms with Crippen LogP contribution < -0.4 is 20.4 Å². The van der Waals surface area contributed by atoms with Gasteiger partial charge in [-0.1, -0.05) is 20.4 Å². The van der Waals surface area contributed by atoms with Crippen molar-refractivity contribution in [3.63, 3.8) is 0 Å². The Balaban J connectivity index is 1.01. The minimum Gasteiger partial charge on any atom is -0.381 e. The number of carbonyl (C=O) groups excluding carboxylic acids is 2. The lowest BCUT2D eigenvalue weighted by Gasteiger charge is -2.45. The summed E-state index contributed by atoms with van der Waals surface area (Å²) in [4.78, 5) is 47.4. The van der Waals surface area contributed by atoms with Crippen LogP contribution in [0.3, 0.4) is 0 Å². The first-order valence-corrected chi connectivity index (χ1v) is 18.8. The Morgan fingerprint density at radius 1 is 1.02 bits per heavy atom. The zero-order valence-corrected chi connectivity index (χ0v) is 31.2. The number of benzene rings is 1. The van der Waals surface area contributed by atoms with Crippen LogP contribution in [0.25, 0.3) is 11.4 Å². The van der Waals surface area contributed by atoms with Crippen molar-refractivity contribution in [2.75, 3.05) is 59.8 Å². The number of aromatic nitrogens is 4. The van der Waals surface area contributed by atoms with Crippen LogP contribution in [0.15, 0.2) is 61.4 Å². The largest absolute Gasteiger partial charge is 0.381 e. The maximum absolute atomic E-state index is 13.9. The van der Waals surface area contributed by atoms with Crippen LogP contribution in [0.1, 0.15) is 60.9 Å². The molecule has 276 valence electrons. The van der Waals surface area contributed by atoms with Gasteiger partial charge in [0, 0.05) is 92.9 Å². The van der Waals surface area contributed by atoms with E-state index in [9.17, 15) is 9.59 Å². The minimum absolute atomic E-state index is 0.0223. The number of nitrogens with one attached hydrogen (secondary N) is 2. The second-order valence-electron chi connectivity index (χ2n) is 15.6. The van der Waals surface area contributed by atoms with E-state index in [1.54, 1.807) is 17.3 Å². The number of rotatable bonds is 8. The average molecular weight is 716 g/mol. The summed E-state index contributed by atoms with van der Waals surface area (Å²) in [6.07, 6.45) is 8.88. The van der Waals surface area contributed by atoms with Gasteiger partial charge in [0.1, 0.15) is 17.3 Å². The summed E-state index contributed by atoms with van der Waals surface area (Å²) in [6, 6.07) is 12.7. The van der Waals surface area contributed by atoms with E-state index in [4.69, 9.17) is 9.72 Å². The van der Waals surface area contributed by atoms with Crippen molar-refractivity contribution in [3.8, 4) is 11.4 Å². The maximum atomic E-state index is 13.9. The van der Waals surface area contributed by atoms with Gasteiger partial charge in [0.15, 0.2) is 5.82 Å². The molecule has 0 bridgehead atoms. The van der Waals surface area contributed by atoms with E-state index in [1.165, 1.54) is 17.3 Å². The van der Waals surface area contributed by atoms with Crippen molar-refractivity contribution in [2.45, 2.75) is 72.0 Å². The van der Waals surface area contributed by atoms with E-state index < -0.39 is 0 Å². The predicted molar refractivity (Wildman–Crippen MR) is 208 cm³/mol. The van der Waals surface area contributed by atoms with E-state index in [0.29, 0.717) is 35.7 Å². The molecule has 3 aromatic heterocycles. The Morgan fingerprint density at radius 2 is 1.83 bits per heavy atom. The highest BCUT2D eigenvalue weighted by atomic mass is 16.5. The van der Waals surface area contributed by atoms with Crippen LogP contribution >= 0.6 is 0 Å². The van der Waals surface area contributed by atoms with Crippen LogP contribution in [0, 0.1) is 12.3 Å². The van der Waals surface area contributed by atoms with Crippen molar-refractivity contribution in [2.24, 2.45) is 5.41 Å². The van der Waals surface area contributed by atoms with Crippen molar-refractivity contribution in [1.82, 2.24) is 24.4 Å². The third-order valence-electron chi connectivity index (χ3n) is 11.3. The number of carbonyl (C=O) groups is 2. The molecular weight excluding hydrogens is 667 g/mol. The van der Waals surface area contributed by atoms with Crippen LogP contribution in [-0.2, 0) is 28.9 Å². The Hall–Kier alpha value is -5.07. The molecule has 53 heavy (non-hydrogen) atoms. The first-order chi connectivity index (χ1) is 25.6. The second kappa shape index (κ2) is 14.1. The van der Waals surface area contributed by atoms with E-state index in [1.807, 2.05) is 31.2 Å². The molecule has 0 unspecified atom stereocenters.